The first-order valence-electron chi connectivity index (χ1n) is 9.17. The third-order valence-electron chi connectivity index (χ3n) is 4.32. The molecule has 26 heavy (non-hydrogen) atoms. The largest absolute Gasteiger partial charge is 0.466 e. The van der Waals surface area contributed by atoms with Crippen molar-refractivity contribution in [3.8, 4) is 0 Å². The average Bonchev–Trinajstić information content (AvgIpc) is 2.98. The maximum Gasteiger partial charge on any atom is 0.410 e. The number of ether oxygens (including phenoxy) is 2. The summed E-state index contributed by atoms with van der Waals surface area (Å²) >= 11 is 0. The van der Waals surface area contributed by atoms with Crippen molar-refractivity contribution in [2.75, 3.05) is 19.7 Å². The molecule has 1 N–H and O–H groups in total. The van der Waals surface area contributed by atoms with Gasteiger partial charge < -0.3 is 19.7 Å². The molecule has 2 rings (SSSR count). The van der Waals surface area contributed by atoms with Gasteiger partial charge in [-0.05, 0) is 40.2 Å². The number of hydrogen-bond donors (Lipinski definition) is 1. The van der Waals surface area contributed by atoms with Gasteiger partial charge >= 0.3 is 12.1 Å². The van der Waals surface area contributed by atoms with E-state index in [2.05, 4.69) is 5.32 Å². The van der Waals surface area contributed by atoms with Gasteiger partial charge in [0.25, 0.3) is 0 Å². The number of carbonyl (C=O) groups excluding carboxylic acids is 2. The molecule has 0 aromatic heterocycles. The van der Waals surface area contributed by atoms with E-state index in [9.17, 15) is 9.59 Å². The summed E-state index contributed by atoms with van der Waals surface area (Å²) in [7, 11) is 0. The number of likely N-dealkylation sites (tertiary alicyclic amines) is 1. The van der Waals surface area contributed by atoms with E-state index >= 15 is 0 Å². The number of rotatable bonds is 5. The van der Waals surface area contributed by atoms with E-state index in [0.29, 0.717) is 19.7 Å². The maximum absolute atomic E-state index is 12.4. The van der Waals surface area contributed by atoms with Gasteiger partial charge in [-0.1, -0.05) is 30.3 Å². The molecule has 1 aliphatic rings. The van der Waals surface area contributed by atoms with Crippen LogP contribution in [0.15, 0.2) is 30.3 Å². The number of hydrogen-bond acceptors (Lipinski definition) is 5. The zero-order chi connectivity index (χ0) is 19.3. The van der Waals surface area contributed by atoms with Gasteiger partial charge in [-0.2, -0.15) is 0 Å². The highest BCUT2D eigenvalue weighted by molar-refractivity contribution is 5.77. The van der Waals surface area contributed by atoms with E-state index in [0.717, 1.165) is 5.56 Å². The van der Waals surface area contributed by atoms with Crippen LogP contribution in [0.4, 0.5) is 4.79 Å². The zero-order valence-corrected chi connectivity index (χ0v) is 16.3. The van der Waals surface area contributed by atoms with Gasteiger partial charge in [-0.25, -0.2) is 4.79 Å². The summed E-state index contributed by atoms with van der Waals surface area (Å²) in [5.74, 6) is -0.690. The average molecular weight is 362 g/mol. The molecule has 0 spiro atoms. The molecule has 1 fully saturated rings. The molecule has 1 saturated heterocycles. The lowest BCUT2D eigenvalue weighted by atomic mass is 10.0. The van der Waals surface area contributed by atoms with Crippen molar-refractivity contribution >= 4 is 12.1 Å². The van der Waals surface area contributed by atoms with Crippen LogP contribution in [0.25, 0.3) is 0 Å². The predicted molar refractivity (Wildman–Crippen MR) is 99.7 cm³/mol. The minimum absolute atomic E-state index is 0.0525. The SMILES string of the molecule is CCOC(=O)[C@@H]1CN(C(=O)OC(C)(C)C)C[C@@H]1N[C@@H](C)c1ccccc1. The normalized spacial score (nSPS) is 21.3. The second-order valence-electron chi connectivity index (χ2n) is 7.65. The van der Waals surface area contributed by atoms with Gasteiger partial charge in [0.2, 0.25) is 0 Å². The molecule has 6 nitrogen and oxygen atoms in total. The number of nitrogens with one attached hydrogen (secondary N) is 1. The smallest absolute Gasteiger partial charge is 0.410 e. The summed E-state index contributed by atoms with van der Waals surface area (Å²) in [5.41, 5.74) is 0.560. The van der Waals surface area contributed by atoms with Crippen LogP contribution < -0.4 is 5.32 Å². The van der Waals surface area contributed by atoms with Crippen molar-refractivity contribution in [1.29, 1.82) is 0 Å². The highest BCUT2D eigenvalue weighted by Crippen LogP contribution is 2.24. The molecule has 0 bridgehead atoms. The van der Waals surface area contributed by atoms with Gasteiger partial charge in [-0.3, -0.25) is 4.79 Å². The Balaban J connectivity index is 2.10. The Morgan fingerprint density at radius 2 is 1.88 bits per heavy atom. The quantitative estimate of drug-likeness (QED) is 0.815. The van der Waals surface area contributed by atoms with E-state index in [-0.39, 0.29) is 18.1 Å². The number of amides is 1. The number of benzene rings is 1. The summed E-state index contributed by atoms with van der Waals surface area (Å²) in [5, 5.41) is 3.48. The zero-order valence-electron chi connectivity index (χ0n) is 16.3. The summed E-state index contributed by atoms with van der Waals surface area (Å²) < 4.78 is 10.7. The van der Waals surface area contributed by atoms with E-state index in [1.807, 2.05) is 58.0 Å². The molecule has 0 radical (unpaired) electrons. The topological polar surface area (TPSA) is 67.9 Å². The highest BCUT2D eigenvalue weighted by Gasteiger charge is 2.42. The molecule has 1 aliphatic heterocycles. The predicted octanol–water partition coefficient (Wildman–Crippen LogP) is 3.14. The summed E-state index contributed by atoms with van der Waals surface area (Å²) in [6.45, 7) is 10.4. The van der Waals surface area contributed by atoms with Gasteiger partial charge in [0.1, 0.15) is 5.60 Å². The fourth-order valence-electron chi connectivity index (χ4n) is 3.10. The van der Waals surface area contributed by atoms with E-state index in [1.165, 1.54) is 0 Å². The van der Waals surface area contributed by atoms with Crippen LogP contribution in [0, 0.1) is 5.92 Å². The van der Waals surface area contributed by atoms with Gasteiger partial charge in [0.15, 0.2) is 0 Å². The van der Waals surface area contributed by atoms with E-state index < -0.39 is 17.6 Å². The van der Waals surface area contributed by atoms with Crippen molar-refractivity contribution in [1.82, 2.24) is 10.2 Å². The Morgan fingerprint density at radius 1 is 1.23 bits per heavy atom. The number of nitrogens with zero attached hydrogens (tertiary/aromatic N) is 1. The van der Waals surface area contributed by atoms with Crippen molar-refractivity contribution in [3.05, 3.63) is 35.9 Å². The minimum atomic E-state index is -0.570. The third-order valence-corrected chi connectivity index (χ3v) is 4.32. The molecule has 6 heteroatoms. The fraction of sp³-hybridized carbons (Fsp3) is 0.600. The Kier molecular flexibility index (Phi) is 6.64. The lowest BCUT2D eigenvalue weighted by Crippen LogP contribution is -2.41. The van der Waals surface area contributed by atoms with Crippen LogP contribution in [0.5, 0.6) is 0 Å². The van der Waals surface area contributed by atoms with Crippen molar-refractivity contribution < 1.29 is 19.1 Å². The first-order valence-corrected chi connectivity index (χ1v) is 9.17. The summed E-state index contributed by atoms with van der Waals surface area (Å²) in [6.07, 6.45) is -0.400. The molecule has 0 unspecified atom stereocenters. The Bertz CT molecular complexity index is 612. The van der Waals surface area contributed by atoms with E-state index in [1.54, 1.807) is 11.8 Å². The third kappa shape index (κ3) is 5.46. The van der Waals surface area contributed by atoms with Crippen molar-refractivity contribution in [3.63, 3.8) is 0 Å². The van der Waals surface area contributed by atoms with Crippen LogP contribution in [0.2, 0.25) is 0 Å². The molecule has 1 aromatic carbocycles. The minimum Gasteiger partial charge on any atom is -0.466 e. The number of esters is 1. The number of carbonyl (C=O) groups is 2. The summed E-state index contributed by atoms with van der Waals surface area (Å²) in [4.78, 5) is 26.4. The van der Waals surface area contributed by atoms with Gasteiger partial charge in [0, 0.05) is 25.2 Å². The van der Waals surface area contributed by atoms with Crippen LogP contribution in [0.3, 0.4) is 0 Å². The Hall–Kier alpha value is -2.08. The van der Waals surface area contributed by atoms with Crippen LogP contribution in [-0.4, -0.2) is 48.3 Å². The lowest BCUT2D eigenvalue weighted by molar-refractivity contribution is -0.148. The molecule has 0 aliphatic carbocycles. The van der Waals surface area contributed by atoms with Gasteiger partial charge in [-0.15, -0.1) is 0 Å². The molecule has 0 saturated carbocycles. The Labute approximate surface area is 155 Å². The molecular weight excluding hydrogens is 332 g/mol. The molecule has 1 amide bonds. The lowest BCUT2D eigenvalue weighted by Gasteiger charge is -2.25. The molecule has 3 atom stereocenters. The van der Waals surface area contributed by atoms with Crippen LogP contribution in [-0.2, 0) is 14.3 Å². The first kappa shape index (κ1) is 20.2. The second-order valence-corrected chi connectivity index (χ2v) is 7.65. The van der Waals surface area contributed by atoms with Crippen molar-refractivity contribution in [2.24, 2.45) is 5.92 Å². The molecule has 1 aromatic rings. The Morgan fingerprint density at radius 3 is 2.46 bits per heavy atom. The van der Waals surface area contributed by atoms with Crippen LogP contribution >= 0.6 is 0 Å². The molecular formula is C20H30N2O4. The first-order chi connectivity index (χ1) is 12.2. The maximum atomic E-state index is 12.4. The fourth-order valence-corrected chi connectivity index (χ4v) is 3.10. The second kappa shape index (κ2) is 8.54. The highest BCUT2D eigenvalue weighted by atomic mass is 16.6. The monoisotopic (exact) mass is 362 g/mol. The van der Waals surface area contributed by atoms with E-state index in [4.69, 9.17) is 9.47 Å². The summed E-state index contributed by atoms with van der Waals surface area (Å²) in [6, 6.07) is 9.89. The van der Waals surface area contributed by atoms with Crippen molar-refractivity contribution in [2.45, 2.75) is 52.3 Å². The standard InChI is InChI=1S/C20H30N2O4/c1-6-25-18(23)16-12-22(19(24)26-20(3,4)5)13-17(16)21-14(2)15-10-8-7-9-11-15/h7-11,14,16-17,21H,6,12-13H2,1-5H3/t14-,16+,17-/m0/s1. The molecule has 144 valence electrons. The molecule has 1 heterocycles. The van der Waals surface area contributed by atoms with Gasteiger partial charge in [0.05, 0.1) is 12.5 Å². The van der Waals surface area contributed by atoms with Crippen LogP contribution in [0.1, 0.15) is 46.2 Å².